The molecule has 0 aliphatic carbocycles. The van der Waals surface area contributed by atoms with Crippen LogP contribution in [0.2, 0.25) is 0 Å². The van der Waals surface area contributed by atoms with Crippen molar-refractivity contribution in [2.45, 2.75) is 33.1 Å². The van der Waals surface area contributed by atoms with Crippen LogP contribution in [0.15, 0.2) is 4.40 Å². The van der Waals surface area contributed by atoms with Crippen LogP contribution in [0.5, 0.6) is 0 Å². The third-order valence-electron chi connectivity index (χ3n) is 2.48. The van der Waals surface area contributed by atoms with Gasteiger partial charge in [-0.2, -0.15) is 4.40 Å². The molecule has 0 radical (unpaired) electrons. The summed E-state index contributed by atoms with van der Waals surface area (Å²) in [4.78, 5) is 1.59. The molecule has 0 atom stereocenters. The summed E-state index contributed by atoms with van der Waals surface area (Å²) in [6, 6.07) is 0. The fourth-order valence-electron chi connectivity index (χ4n) is 1.38. The molecule has 0 aliphatic rings. The number of hydrogen-bond donors (Lipinski definition) is 1. The molecular weight excluding hydrogens is 240 g/mol. The lowest BCUT2D eigenvalue weighted by molar-refractivity contribution is 0.201. The normalized spacial score (nSPS) is 13.2. The van der Waals surface area contributed by atoms with Crippen molar-refractivity contribution in [2.75, 3.05) is 26.5 Å². The first-order valence-corrected chi connectivity index (χ1v) is 7.35. The van der Waals surface area contributed by atoms with Gasteiger partial charge in [0.15, 0.2) is 0 Å². The van der Waals surface area contributed by atoms with Gasteiger partial charge in [-0.05, 0) is 24.7 Å². The highest BCUT2D eigenvalue weighted by Gasteiger charge is 2.18. The Bertz CT molecular complexity index is 335. The molecule has 0 saturated heterocycles. The summed E-state index contributed by atoms with van der Waals surface area (Å²) in [5.41, 5.74) is -0.0183. The number of hydrogen-bond acceptors (Lipinski definition) is 3. The zero-order valence-corrected chi connectivity index (χ0v) is 12.0. The van der Waals surface area contributed by atoms with Crippen molar-refractivity contribution in [3.05, 3.63) is 0 Å². The minimum Gasteiger partial charge on any atom is -0.396 e. The van der Waals surface area contributed by atoms with Gasteiger partial charge in [0.1, 0.15) is 6.34 Å². The van der Waals surface area contributed by atoms with E-state index in [1.807, 2.05) is 13.8 Å². The average Bonchev–Trinajstić information content (AvgIpc) is 2.14. The summed E-state index contributed by atoms with van der Waals surface area (Å²) < 4.78 is 26.6. The Hall–Kier alpha value is -0.620. The molecule has 0 spiro atoms. The molecule has 0 aromatic heterocycles. The zero-order chi connectivity index (χ0) is 13.5. The van der Waals surface area contributed by atoms with Crippen molar-refractivity contribution >= 4 is 16.4 Å². The largest absolute Gasteiger partial charge is 0.396 e. The van der Waals surface area contributed by atoms with Gasteiger partial charge < -0.3 is 10.0 Å². The third-order valence-corrected chi connectivity index (χ3v) is 3.70. The third kappa shape index (κ3) is 9.12. The molecule has 0 saturated carbocycles. The molecule has 0 bridgehead atoms. The van der Waals surface area contributed by atoms with E-state index in [1.54, 1.807) is 19.0 Å². The van der Waals surface area contributed by atoms with E-state index >= 15 is 0 Å². The molecule has 102 valence electrons. The summed E-state index contributed by atoms with van der Waals surface area (Å²) >= 11 is 0. The molecule has 17 heavy (non-hydrogen) atoms. The number of aliphatic hydroxyl groups excluding tert-OH is 1. The molecule has 0 aromatic carbocycles. The second-order valence-corrected chi connectivity index (χ2v) is 6.99. The number of sulfonamides is 1. The van der Waals surface area contributed by atoms with Gasteiger partial charge in [0.05, 0.1) is 5.75 Å². The Morgan fingerprint density at radius 3 is 2.35 bits per heavy atom. The maximum Gasteiger partial charge on any atom is 0.254 e. The van der Waals surface area contributed by atoms with Crippen molar-refractivity contribution in [1.82, 2.24) is 4.90 Å². The lowest BCUT2D eigenvalue weighted by Crippen LogP contribution is -2.16. The molecule has 1 N–H and O–H groups in total. The SMILES string of the molecule is CN(C)/C=N/S(=O)(=O)CCCC(C)(C)CCO. The lowest BCUT2D eigenvalue weighted by Gasteiger charge is -2.22. The van der Waals surface area contributed by atoms with Crippen LogP contribution in [0.1, 0.15) is 33.1 Å². The van der Waals surface area contributed by atoms with Gasteiger partial charge in [-0.1, -0.05) is 13.8 Å². The maximum absolute atomic E-state index is 11.5. The highest BCUT2D eigenvalue weighted by atomic mass is 32.2. The predicted octanol–water partition coefficient (Wildman–Crippen LogP) is 1.09. The highest BCUT2D eigenvalue weighted by Crippen LogP contribution is 2.26. The van der Waals surface area contributed by atoms with Crippen LogP contribution in [0.3, 0.4) is 0 Å². The molecule has 0 fully saturated rings. The molecule has 0 aromatic rings. The fraction of sp³-hybridized carbons (Fsp3) is 0.909. The van der Waals surface area contributed by atoms with E-state index in [0.29, 0.717) is 12.8 Å². The Kier molecular flexibility index (Phi) is 6.70. The molecule has 0 heterocycles. The minimum absolute atomic E-state index is 0.0183. The van der Waals surface area contributed by atoms with E-state index in [1.165, 1.54) is 6.34 Å². The maximum atomic E-state index is 11.5. The second-order valence-electron chi connectivity index (χ2n) is 5.21. The van der Waals surface area contributed by atoms with Crippen LogP contribution >= 0.6 is 0 Å². The van der Waals surface area contributed by atoms with Crippen molar-refractivity contribution in [3.63, 3.8) is 0 Å². The summed E-state index contributed by atoms with van der Waals surface area (Å²) in [6.07, 6.45) is 3.33. The first-order valence-electron chi connectivity index (χ1n) is 5.74. The Morgan fingerprint density at radius 1 is 1.29 bits per heavy atom. The van der Waals surface area contributed by atoms with Crippen LogP contribution in [0.4, 0.5) is 0 Å². The van der Waals surface area contributed by atoms with Crippen LogP contribution in [0, 0.1) is 5.41 Å². The number of nitrogens with zero attached hydrogens (tertiary/aromatic N) is 2. The first kappa shape index (κ1) is 16.4. The van der Waals surface area contributed by atoms with Crippen LogP contribution < -0.4 is 0 Å². The first-order chi connectivity index (χ1) is 7.68. The van der Waals surface area contributed by atoms with E-state index < -0.39 is 10.0 Å². The Labute approximate surface area is 105 Å². The molecular formula is C11H24N2O3S. The van der Waals surface area contributed by atoms with Crippen LogP contribution in [0.25, 0.3) is 0 Å². The quantitative estimate of drug-likeness (QED) is 0.526. The van der Waals surface area contributed by atoms with Crippen molar-refractivity contribution in [2.24, 2.45) is 9.81 Å². The van der Waals surface area contributed by atoms with Gasteiger partial charge in [-0.3, -0.25) is 0 Å². The van der Waals surface area contributed by atoms with Gasteiger partial charge in [-0.25, -0.2) is 8.42 Å². The second kappa shape index (κ2) is 6.96. The van der Waals surface area contributed by atoms with E-state index in [9.17, 15) is 8.42 Å². The van der Waals surface area contributed by atoms with Gasteiger partial charge in [-0.15, -0.1) is 0 Å². The minimum atomic E-state index is -3.35. The van der Waals surface area contributed by atoms with Crippen LogP contribution in [-0.4, -0.2) is 51.2 Å². The average molecular weight is 264 g/mol. The molecule has 6 heteroatoms. The standard InChI is InChI=1S/C11H24N2O3S/c1-11(2,7-8-14)6-5-9-17(15,16)12-10-13(3)4/h10,14H,5-9H2,1-4H3/b12-10+. The number of rotatable bonds is 8. The molecule has 5 nitrogen and oxygen atoms in total. The molecule has 0 rings (SSSR count). The Morgan fingerprint density at radius 2 is 1.88 bits per heavy atom. The summed E-state index contributed by atoms with van der Waals surface area (Å²) in [5, 5.41) is 8.86. The van der Waals surface area contributed by atoms with Crippen molar-refractivity contribution < 1.29 is 13.5 Å². The zero-order valence-electron chi connectivity index (χ0n) is 11.2. The number of aliphatic hydroxyl groups is 1. The monoisotopic (exact) mass is 264 g/mol. The topological polar surface area (TPSA) is 70.0 Å². The van der Waals surface area contributed by atoms with Gasteiger partial charge in [0.2, 0.25) is 0 Å². The van der Waals surface area contributed by atoms with Gasteiger partial charge >= 0.3 is 0 Å². The summed E-state index contributed by atoms with van der Waals surface area (Å²) in [5.74, 6) is 0.0617. The smallest absolute Gasteiger partial charge is 0.254 e. The van der Waals surface area contributed by atoms with Crippen molar-refractivity contribution in [3.8, 4) is 0 Å². The highest BCUT2D eigenvalue weighted by molar-refractivity contribution is 7.90. The fourth-order valence-corrected chi connectivity index (χ4v) is 2.33. The summed E-state index contributed by atoms with van der Waals surface area (Å²) in [7, 11) is 0.102. The van der Waals surface area contributed by atoms with E-state index in [0.717, 1.165) is 6.42 Å². The van der Waals surface area contributed by atoms with Gasteiger partial charge in [0, 0.05) is 20.7 Å². The lowest BCUT2D eigenvalue weighted by atomic mass is 9.85. The molecule has 0 aliphatic heterocycles. The molecule has 0 amide bonds. The van der Waals surface area contributed by atoms with E-state index in [4.69, 9.17) is 5.11 Å². The predicted molar refractivity (Wildman–Crippen MR) is 70.7 cm³/mol. The van der Waals surface area contributed by atoms with Gasteiger partial charge in [0.25, 0.3) is 10.0 Å². The van der Waals surface area contributed by atoms with E-state index in [-0.39, 0.29) is 17.8 Å². The van der Waals surface area contributed by atoms with Crippen LogP contribution in [-0.2, 0) is 10.0 Å². The molecule has 0 unspecified atom stereocenters. The van der Waals surface area contributed by atoms with Crippen molar-refractivity contribution in [1.29, 1.82) is 0 Å². The Balaban J connectivity index is 4.12. The van der Waals surface area contributed by atoms with E-state index in [2.05, 4.69) is 4.40 Å². The summed E-state index contributed by atoms with van der Waals surface area (Å²) in [6.45, 7) is 4.19.